The van der Waals surface area contributed by atoms with Crippen LogP contribution in [0.25, 0.3) is 22.0 Å². The summed E-state index contributed by atoms with van der Waals surface area (Å²) in [4.78, 5) is 4.73. The van der Waals surface area contributed by atoms with E-state index in [4.69, 9.17) is 4.98 Å². The molecule has 3 nitrogen and oxygen atoms in total. The van der Waals surface area contributed by atoms with Crippen LogP contribution in [0.5, 0.6) is 0 Å². The molecule has 0 radical (unpaired) electrons. The molecular weight excluding hydrogens is 342 g/mol. The lowest BCUT2D eigenvalue weighted by Gasteiger charge is -2.14. The second-order valence-corrected chi connectivity index (χ2v) is 7.02. The van der Waals surface area contributed by atoms with Gasteiger partial charge in [-0.05, 0) is 66.1 Å². The summed E-state index contributed by atoms with van der Waals surface area (Å²) in [5.41, 5.74) is 6.45. The molecule has 0 spiro atoms. The van der Waals surface area contributed by atoms with Gasteiger partial charge in [0.15, 0.2) is 0 Å². The number of nitrogens with one attached hydrogen (secondary N) is 2. The standard InChI is InChI=1S/C25H25N3/c1-3-14-26-22-13-12-19-10-11-20(16-21(19)17-22)23-8-4-5-15-27-25(23)24-9-6-7-18(2)28-24/h4-13,15-17,26-27H,3,14H2,1-2H3. The molecule has 0 saturated heterocycles. The molecule has 3 aromatic rings. The summed E-state index contributed by atoms with van der Waals surface area (Å²) in [6, 6.07) is 19.3. The van der Waals surface area contributed by atoms with Gasteiger partial charge in [-0.1, -0.05) is 43.3 Å². The minimum Gasteiger partial charge on any atom is -0.385 e. The Morgan fingerprint density at radius 2 is 1.86 bits per heavy atom. The van der Waals surface area contributed by atoms with Crippen LogP contribution in [-0.2, 0) is 0 Å². The molecule has 2 heterocycles. The smallest absolute Gasteiger partial charge is 0.0873 e. The van der Waals surface area contributed by atoms with Crippen molar-refractivity contribution in [1.82, 2.24) is 10.3 Å². The van der Waals surface area contributed by atoms with E-state index in [1.165, 1.54) is 16.3 Å². The molecule has 140 valence electrons. The van der Waals surface area contributed by atoms with Gasteiger partial charge < -0.3 is 10.6 Å². The number of aryl methyl sites for hydroxylation is 1. The minimum atomic E-state index is 0.949. The lowest BCUT2D eigenvalue weighted by Crippen LogP contribution is -2.08. The highest BCUT2D eigenvalue weighted by atomic mass is 14.9. The summed E-state index contributed by atoms with van der Waals surface area (Å²) >= 11 is 0. The van der Waals surface area contributed by atoms with Crippen LogP contribution in [0.15, 0.2) is 79.0 Å². The second kappa shape index (κ2) is 8.13. The molecule has 1 aliphatic heterocycles. The number of hydrogen-bond donors (Lipinski definition) is 2. The number of fused-ring (bicyclic) bond motifs is 1. The largest absolute Gasteiger partial charge is 0.385 e. The van der Waals surface area contributed by atoms with E-state index < -0.39 is 0 Å². The third kappa shape index (κ3) is 3.84. The highest BCUT2D eigenvalue weighted by Crippen LogP contribution is 2.30. The lowest BCUT2D eigenvalue weighted by atomic mass is 9.98. The zero-order valence-electron chi connectivity index (χ0n) is 16.4. The Bertz CT molecular complexity index is 1090. The minimum absolute atomic E-state index is 0.949. The fourth-order valence-electron chi connectivity index (χ4n) is 3.43. The number of anilines is 1. The predicted octanol–water partition coefficient (Wildman–Crippen LogP) is 5.91. The van der Waals surface area contributed by atoms with Crippen molar-refractivity contribution in [2.45, 2.75) is 20.3 Å². The first-order chi connectivity index (χ1) is 13.7. The van der Waals surface area contributed by atoms with Crippen LogP contribution in [0, 0.1) is 6.92 Å². The van der Waals surface area contributed by atoms with Crippen molar-refractivity contribution < 1.29 is 0 Å². The van der Waals surface area contributed by atoms with E-state index in [1.807, 2.05) is 31.3 Å². The van der Waals surface area contributed by atoms with Gasteiger partial charge in [0.25, 0.3) is 0 Å². The number of benzene rings is 2. The third-order valence-electron chi connectivity index (χ3n) is 4.84. The average Bonchev–Trinajstić information content (AvgIpc) is 2.98. The Kier molecular flexibility index (Phi) is 5.24. The van der Waals surface area contributed by atoms with Crippen LogP contribution in [0.2, 0.25) is 0 Å². The number of hydrogen-bond acceptors (Lipinski definition) is 3. The zero-order valence-corrected chi connectivity index (χ0v) is 16.4. The van der Waals surface area contributed by atoms with Gasteiger partial charge in [-0.25, -0.2) is 0 Å². The van der Waals surface area contributed by atoms with E-state index in [2.05, 4.69) is 72.2 Å². The molecule has 0 atom stereocenters. The van der Waals surface area contributed by atoms with Gasteiger partial charge in [0, 0.05) is 29.7 Å². The maximum absolute atomic E-state index is 4.73. The molecular formula is C25H25N3. The van der Waals surface area contributed by atoms with E-state index in [0.29, 0.717) is 0 Å². The number of rotatable bonds is 5. The normalized spacial score (nSPS) is 13.5. The van der Waals surface area contributed by atoms with Crippen molar-refractivity contribution >= 4 is 27.7 Å². The van der Waals surface area contributed by atoms with Crippen LogP contribution < -0.4 is 10.6 Å². The Balaban J connectivity index is 1.82. The number of nitrogens with zero attached hydrogens (tertiary/aromatic N) is 1. The van der Waals surface area contributed by atoms with E-state index >= 15 is 0 Å². The van der Waals surface area contributed by atoms with Crippen molar-refractivity contribution in [3.63, 3.8) is 0 Å². The molecule has 0 bridgehead atoms. The Labute approximate surface area is 166 Å². The first-order valence-electron chi connectivity index (χ1n) is 9.81. The van der Waals surface area contributed by atoms with Crippen LogP contribution in [-0.4, -0.2) is 11.5 Å². The molecule has 0 aliphatic carbocycles. The van der Waals surface area contributed by atoms with Gasteiger partial charge in [0.1, 0.15) is 0 Å². The van der Waals surface area contributed by atoms with Gasteiger partial charge in [0.2, 0.25) is 0 Å². The highest BCUT2D eigenvalue weighted by molar-refractivity contribution is 5.98. The summed E-state index contributed by atoms with van der Waals surface area (Å²) in [5.74, 6) is 0. The van der Waals surface area contributed by atoms with Crippen LogP contribution >= 0.6 is 0 Å². The first kappa shape index (κ1) is 18.1. The van der Waals surface area contributed by atoms with Crippen molar-refractivity contribution in [2.75, 3.05) is 11.9 Å². The lowest BCUT2D eigenvalue weighted by molar-refractivity contribution is 0.980. The SMILES string of the molecule is CCCNc1ccc2ccc(C3=C(c4cccc(C)n4)NC=CC=C3)cc2c1. The summed E-state index contributed by atoms with van der Waals surface area (Å²) in [6.45, 7) is 5.18. The Morgan fingerprint density at radius 1 is 0.964 bits per heavy atom. The van der Waals surface area contributed by atoms with E-state index in [1.54, 1.807) is 0 Å². The number of pyridine rings is 1. The highest BCUT2D eigenvalue weighted by Gasteiger charge is 2.12. The number of aromatic nitrogens is 1. The van der Waals surface area contributed by atoms with Crippen molar-refractivity contribution in [2.24, 2.45) is 0 Å². The molecule has 4 rings (SSSR count). The molecule has 28 heavy (non-hydrogen) atoms. The quantitative estimate of drug-likeness (QED) is 0.589. The Morgan fingerprint density at radius 3 is 2.71 bits per heavy atom. The zero-order chi connectivity index (χ0) is 19.3. The van der Waals surface area contributed by atoms with Gasteiger partial charge in [0.05, 0.1) is 11.4 Å². The van der Waals surface area contributed by atoms with Crippen LogP contribution in [0.4, 0.5) is 5.69 Å². The molecule has 2 aromatic carbocycles. The van der Waals surface area contributed by atoms with Gasteiger partial charge in [-0.2, -0.15) is 0 Å². The van der Waals surface area contributed by atoms with Gasteiger partial charge in [-0.15, -0.1) is 0 Å². The van der Waals surface area contributed by atoms with E-state index in [9.17, 15) is 0 Å². The molecule has 0 amide bonds. The molecule has 1 aliphatic rings. The topological polar surface area (TPSA) is 37.0 Å². The number of allylic oxidation sites excluding steroid dienone is 4. The summed E-state index contributed by atoms with van der Waals surface area (Å²) < 4.78 is 0. The van der Waals surface area contributed by atoms with Gasteiger partial charge >= 0.3 is 0 Å². The second-order valence-electron chi connectivity index (χ2n) is 7.02. The third-order valence-corrected chi connectivity index (χ3v) is 4.84. The average molecular weight is 367 g/mol. The van der Waals surface area contributed by atoms with Crippen molar-refractivity contribution in [1.29, 1.82) is 0 Å². The molecule has 2 N–H and O–H groups in total. The monoisotopic (exact) mass is 367 g/mol. The Hall–Kier alpha value is -3.33. The maximum Gasteiger partial charge on any atom is 0.0873 e. The van der Waals surface area contributed by atoms with E-state index in [0.717, 1.165) is 41.3 Å². The molecule has 3 heteroatoms. The summed E-state index contributed by atoms with van der Waals surface area (Å²) in [5, 5.41) is 9.37. The summed E-state index contributed by atoms with van der Waals surface area (Å²) in [6.07, 6.45) is 9.29. The predicted molar refractivity (Wildman–Crippen MR) is 120 cm³/mol. The first-order valence-corrected chi connectivity index (χ1v) is 9.81. The summed E-state index contributed by atoms with van der Waals surface area (Å²) in [7, 11) is 0. The fraction of sp³-hybridized carbons (Fsp3) is 0.160. The maximum atomic E-state index is 4.73. The molecule has 0 saturated carbocycles. The van der Waals surface area contributed by atoms with E-state index in [-0.39, 0.29) is 0 Å². The van der Waals surface area contributed by atoms with Crippen LogP contribution in [0.1, 0.15) is 30.3 Å². The molecule has 1 aromatic heterocycles. The molecule has 0 fully saturated rings. The van der Waals surface area contributed by atoms with Crippen molar-refractivity contribution in [3.8, 4) is 0 Å². The van der Waals surface area contributed by atoms with Gasteiger partial charge in [-0.3, -0.25) is 4.98 Å². The van der Waals surface area contributed by atoms with Crippen LogP contribution in [0.3, 0.4) is 0 Å². The van der Waals surface area contributed by atoms with Crippen molar-refractivity contribution in [3.05, 3.63) is 96.0 Å². The fourth-order valence-corrected chi connectivity index (χ4v) is 3.43. The molecule has 0 unspecified atom stereocenters.